The molecular weight excluding hydrogens is 234 g/mol. The summed E-state index contributed by atoms with van der Waals surface area (Å²) in [4.78, 5) is 16.7. The van der Waals surface area contributed by atoms with Gasteiger partial charge < -0.3 is 4.90 Å². The minimum absolute atomic E-state index is 0.111. The molecule has 0 unspecified atom stereocenters. The molecule has 0 spiro atoms. The van der Waals surface area contributed by atoms with E-state index in [1.54, 1.807) is 12.3 Å². The number of nitrogens with two attached hydrogens (primary N) is 1. The van der Waals surface area contributed by atoms with Gasteiger partial charge in [-0.05, 0) is 18.9 Å². The quantitative estimate of drug-likeness (QED) is 0.444. The van der Waals surface area contributed by atoms with Crippen molar-refractivity contribution in [2.75, 3.05) is 13.1 Å². The fourth-order valence-corrected chi connectivity index (χ4v) is 1.98. The van der Waals surface area contributed by atoms with Gasteiger partial charge in [0.25, 0.3) is 0 Å². The van der Waals surface area contributed by atoms with Crippen LogP contribution in [-0.2, 0) is 0 Å². The predicted molar refractivity (Wildman–Crippen MR) is 67.6 cm³/mol. The van der Waals surface area contributed by atoms with E-state index in [0.717, 1.165) is 37.0 Å². The van der Waals surface area contributed by atoms with Crippen molar-refractivity contribution in [3.05, 3.63) is 46.6 Å². The lowest BCUT2D eigenvalue weighted by molar-refractivity contribution is -0.421. The van der Waals surface area contributed by atoms with Gasteiger partial charge in [-0.15, -0.1) is 0 Å². The molecule has 7 nitrogen and oxygen atoms in total. The zero-order valence-electron chi connectivity index (χ0n) is 9.95. The molecule has 96 valence electrons. The van der Waals surface area contributed by atoms with Crippen LogP contribution < -0.4 is 5.84 Å². The number of nitrogens with zero attached hydrogens (tertiary/aromatic N) is 4. The van der Waals surface area contributed by atoms with Crippen LogP contribution in [0.5, 0.6) is 0 Å². The zero-order valence-corrected chi connectivity index (χ0v) is 9.95. The van der Waals surface area contributed by atoms with Crippen LogP contribution in [-0.4, -0.2) is 33.8 Å². The van der Waals surface area contributed by atoms with Gasteiger partial charge in [-0.2, -0.15) is 0 Å². The molecule has 0 amide bonds. The topological polar surface area (TPSA) is 88.0 Å². The molecule has 0 aromatic rings. The Morgan fingerprint density at radius 1 is 1.56 bits per heavy atom. The minimum atomic E-state index is -0.535. The molecule has 2 heterocycles. The fraction of sp³-hybridized carbons (Fsp3) is 0.364. The average Bonchev–Trinajstić information content (AvgIpc) is 2.85. The van der Waals surface area contributed by atoms with E-state index in [0.29, 0.717) is 5.84 Å². The molecule has 7 heteroatoms. The monoisotopic (exact) mass is 249 g/mol. The van der Waals surface area contributed by atoms with Gasteiger partial charge in [0.15, 0.2) is 0 Å². The van der Waals surface area contributed by atoms with Gasteiger partial charge in [-0.3, -0.25) is 15.1 Å². The second kappa shape index (κ2) is 5.01. The van der Waals surface area contributed by atoms with E-state index < -0.39 is 4.92 Å². The van der Waals surface area contributed by atoms with Crippen molar-refractivity contribution in [1.82, 2.24) is 9.91 Å². The first-order valence-electron chi connectivity index (χ1n) is 5.70. The van der Waals surface area contributed by atoms with E-state index in [1.807, 2.05) is 0 Å². The Hall–Kier alpha value is -2.15. The average molecular weight is 249 g/mol. The highest BCUT2D eigenvalue weighted by Crippen LogP contribution is 2.18. The molecular formula is C11H15N5O2. The Morgan fingerprint density at radius 3 is 2.78 bits per heavy atom. The smallest absolute Gasteiger partial charge is 0.312 e. The lowest BCUT2D eigenvalue weighted by atomic mass is 10.3. The van der Waals surface area contributed by atoms with Crippen molar-refractivity contribution < 1.29 is 4.92 Å². The summed E-state index contributed by atoms with van der Waals surface area (Å²) in [6.07, 6.45) is 6.71. The molecule has 0 aliphatic carbocycles. The number of amidine groups is 1. The number of hydrazine groups is 1. The molecule has 2 aliphatic heterocycles. The standard InChI is InChI=1S/C11H15N5O2/c1-2-9(16(17)18)11-13-10(5-8-15(11)12)14-6-3-4-7-14/h2,5,8H,1,3-4,6-7,12H2/b11-9+. The Kier molecular flexibility index (Phi) is 3.42. The summed E-state index contributed by atoms with van der Waals surface area (Å²) in [6, 6.07) is 0. The van der Waals surface area contributed by atoms with E-state index in [1.165, 1.54) is 0 Å². The predicted octanol–water partition coefficient (Wildman–Crippen LogP) is 0.816. The molecule has 0 bridgehead atoms. The van der Waals surface area contributed by atoms with Crippen LogP contribution in [0.25, 0.3) is 0 Å². The molecule has 18 heavy (non-hydrogen) atoms. The van der Waals surface area contributed by atoms with Crippen LogP contribution in [0.15, 0.2) is 41.4 Å². The van der Waals surface area contributed by atoms with Crippen LogP contribution >= 0.6 is 0 Å². The molecule has 0 atom stereocenters. The van der Waals surface area contributed by atoms with Crippen LogP contribution in [0.2, 0.25) is 0 Å². The van der Waals surface area contributed by atoms with E-state index in [2.05, 4.69) is 16.5 Å². The molecule has 2 rings (SSSR count). The van der Waals surface area contributed by atoms with Gasteiger partial charge in [-0.25, -0.2) is 10.8 Å². The highest BCUT2D eigenvalue weighted by atomic mass is 16.6. The second-order valence-corrected chi connectivity index (χ2v) is 4.06. The van der Waals surface area contributed by atoms with Gasteiger partial charge in [0, 0.05) is 25.4 Å². The van der Waals surface area contributed by atoms with Gasteiger partial charge in [0.1, 0.15) is 5.84 Å². The Labute approximate surface area is 105 Å². The molecule has 0 aromatic carbocycles. The number of hydrogen-bond acceptors (Lipinski definition) is 6. The van der Waals surface area contributed by atoms with E-state index >= 15 is 0 Å². The summed E-state index contributed by atoms with van der Waals surface area (Å²) in [5.74, 6) is 6.49. The van der Waals surface area contributed by atoms with Crippen molar-refractivity contribution in [3.63, 3.8) is 0 Å². The normalized spacial score (nSPS) is 21.9. The number of aliphatic imine (C=N–C) groups is 1. The van der Waals surface area contributed by atoms with Gasteiger partial charge in [-0.1, -0.05) is 6.58 Å². The van der Waals surface area contributed by atoms with Gasteiger partial charge >= 0.3 is 5.70 Å². The summed E-state index contributed by atoms with van der Waals surface area (Å²) >= 11 is 0. The molecule has 1 fully saturated rings. The number of likely N-dealkylation sites (tertiary alicyclic amines) is 1. The van der Waals surface area contributed by atoms with E-state index in [4.69, 9.17) is 5.84 Å². The maximum atomic E-state index is 10.9. The Balaban J connectivity index is 2.37. The van der Waals surface area contributed by atoms with Crippen LogP contribution in [0, 0.1) is 10.1 Å². The third kappa shape index (κ3) is 2.25. The highest BCUT2D eigenvalue weighted by molar-refractivity contribution is 5.94. The number of hydrogen-bond donors (Lipinski definition) is 1. The highest BCUT2D eigenvalue weighted by Gasteiger charge is 2.24. The van der Waals surface area contributed by atoms with Crippen molar-refractivity contribution >= 4 is 5.84 Å². The van der Waals surface area contributed by atoms with Crippen LogP contribution in [0.1, 0.15) is 12.8 Å². The first kappa shape index (κ1) is 12.3. The maximum Gasteiger partial charge on any atom is 0.312 e. The lowest BCUT2D eigenvalue weighted by Gasteiger charge is -2.24. The molecule has 1 saturated heterocycles. The van der Waals surface area contributed by atoms with Crippen LogP contribution in [0.4, 0.5) is 0 Å². The first-order valence-corrected chi connectivity index (χ1v) is 5.70. The second-order valence-electron chi connectivity index (χ2n) is 4.06. The van der Waals surface area contributed by atoms with Gasteiger partial charge in [0.05, 0.1) is 4.92 Å². The summed E-state index contributed by atoms with van der Waals surface area (Å²) in [7, 11) is 0. The van der Waals surface area contributed by atoms with E-state index in [-0.39, 0.29) is 11.5 Å². The summed E-state index contributed by atoms with van der Waals surface area (Å²) in [6.45, 7) is 5.26. The zero-order chi connectivity index (χ0) is 13.1. The molecule has 0 radical (unpaired) electrons. The number of rotatable bonds is 2. The maximum absolute atomic E-state index is 10.9. The van der Waals surface area contributed by atoms with Crippen LogP contribution in [0.3, 0.4) is 0 Å². The van der Waals surface area contributed by atoms with Crippen molar-refractivity contribution in [2.45, 2.75) is 12.8 Å². The third-order valence-electron chi connectivity index (χ3n) is 2.90. The van der Waals surface area contributed by atoms with Gasteiger partial charge in [0.2, 0.25) is 5.82 Å². The van der Waals surface area contributed by atoms with Crippen molar-refractivity contribution in [3.8, 4) is 0 Å². The minimum Gasteiger partial charge on any atom is -0.356 e. The summed E-state index contributed by atoms with van der Waals surface area (Å²) < 4.78 is 0. The lowest BCUT2D eigenvalue weighted by Crippen LogP contribution is -2.34. The molecule has 2 N–H and O–H groups in total. The van der Waals surface area contributed by atoms with E-state index in [9.17, 15) is 10.1 Å². The summed E-state index contributed by atoms with van der Waals surface area (Å²) in [5.41, 5.74) is -0.196. The summed E-state index contributed by atoms with van der Waals surface area (Å²) in [5, 5.41) is 12.0. The molecule has 0 saturated carbocycles. The molecule has 2 aliphatic rings. The fourth-order valence-electron chi connectivity index (χ4n) is 1.98. The molecule has 0 aromatic heterocycles. The third-order valence-corrected chi connectivity index (χ3v) is 2.90. The number of nitro groups is 1. The Bertz CT molecular complexity index is 460. The Morgan fingerprint density at radius 2 is 2.22 bits per heavy atom. The number of allylic oxidation sites excluding steroid dienone is 1. The van der Waals surface area contributed by atoms with Crippen molar-refractivity contribution in [2.24, 2.45) is 10.8 Å². The van der Waals surface area contributed by atoms with Crippen molar-refractivity contribution in [1.29, 1.82) is 0 Å². The SMILES string of the molecule is C=C/C(=C1/N=C(N2CCCC2)C=CN1N)[N+](=O)[O-]. The largest absolute Gasteiger partial charge is 0.356 e. The first-order chi connectivity index (χ1) is 8.63.